The van der Waals surface area contributed by atoms with E-state index in [-0.39, 0.29) is 31.1 Å². The summed E-state index contributed by atoms with van der Waals surface area (Å²) in [6, 6.07) is 29.3. The Balaban J connectivity index is 1.20. The zero-order valence-corrected chi connectivity index (χ0v) is 27.6. The standard InChI is InChI=1S/C38H42N2O7S/c41-25-27-13-15-30(16-14-27)34-23-33(26-48-36-11-5-6-21-40(36)45)46-38(47-34)31-19-17-29(18-20-31)32-9-7-8-28(22-32)24-39-35(42)10-3-1-2-4-12-37(43)44/h5-9,11,13-22,33-34,38,41H,1-4,10,12,23-26H2,(H,39,42)(H,43,44)/t33-,34+,38+/m1/s1. The largest absolute Gasteiger partial charge is 0.618 e. The van der Waals surface area contributed by atoms with E-state index in [9.17, 15) is 19.9 Å². The Kier molecular flexibility index (Phi) is 13.0. The molecule has 0 bridgehead atoms. The number of carboxylic acid groups (broad SMARTS) is 1. The van der Waals surface area contributed by atoms with Gasteiger partial charge in [-0.3, -0.25) is 9.59 Å². The van der Waals surface area contributed by atoms with Gasteiger partial charge in [-0.1, -0.05) is 91.3 Å². The third-order valence-electron chi connectivity index (χ3n) is 8.30. The van der Waals surface area contributed by atoms with Crippen LogP contribution in [-0.4, -0.2) is 33.9 Å². The normalized spacial score (nSPS) is 17.6. The van der Waals surface area contributed by atoms with Crippen LogP contribution in [0, 0.1) is 5.21 Å². The lowest BCUT2D eigenvalue weighted by atomic mass is 9.99. The van der Waals surface area contributed by atoms with Gasteiger partial charge in [0.05, 0.1) is 18.8 Å². The highest BCUT2D eigenvalue weighted by Gasteiger charge is 2.32. The fraction of sp³-hybridized carbons (Fsp3) is 0.342. The van der Waals surface area contributed by atoms with E-state index in [0.717, 1.165) is 57.4 Å². The number of carboxylic acids is 1. The summed E-state index contributed by atoms with van der Waals surface area (Å²) in [6.07, 6.45) is 4.78. The molecule has 0 saturated carbocycles. The van der Waals surface area contributed by atoms with Gasteiger partial charge in [0.1, 0.15) is 0 Å². The van der Waals surface area contributed by atoms with Gasteiger partial charge in [0.25, 0.3) is 5.03 Å². The number of nitrogens with one attached hydrogen (secondary N) is 1. The highest BCUT2D eigenvalue weighted by atomic mass is 32.2. The smallest absolute Gasteiger partial charge is 0.303 e. The Morgan fingerprint density at radius 2 is 1.58 bits per heavy atom. The molecule has 1 amide bonds. The van der Waals surface area contributed by atoms with Crippen LogP contribution in [-0.2, 0) is 32.2 Å². The number of carbonyl (C=O) groups excluding carboxylic acids is 1. The van der Waals surface area contributed by atoms with Crippen LogP contribution in [0.3, 0.4) is 0 Å². The van der Waals surface area contributed by atoms with E-state index < -0.39 is 12.3 Å². The summed E-state index contributed by atoms with van der Waals surface area (Å²) in [6.45, 7) is 0.411. The number of nitrogens with zero attached hydrogens (tertiary/aromatic N) is 1. The molecule has 1 saturated heterocycles. The average Bonchev–Trinajstić information content (AvgIpc) is 3.12. The molecule has 5 rings (SSSR count). The van der Waals surface area contributed by atoms with Crippen LogP contribution in [0.4, 0.5) is 0 Å². The Bertz CT molecular complexity index is 1630. The van der Waals surface area contributed by atoms with E-state index >= 15 is 0 Å². The van der Waals surface area contributed by atoms with Crippen LogP contribution in [0.2, 0.25) is 0 Å². The molecule has 2 heterocycles. The number of unbranched alkanes of at least 4 members (excludes halogenated alkanes) is 3. The van der Waals surface area contributed by atoms with Crippen molar-refractivity contribution in [3.05, 3.63) is 125 Å². The average molecular weight is 671 g/mol. The van der Waals surface area contributed by atoms with Crippen molar-refractivity contribution < 1.29 is 34.0 Å². The number of aliphatic hydroxyl groups is 1. The van der Waals surface area contributed by atoms with E-state index in [4.69, 9.17) is 14.6 Å². The van der Waals surface area contributed by atoms with Gasteiger partial charge in [-0.05, 0) is 52.8 Å². The minimum absolute atomic E-state index is 0.00851. The first-order chi connectivity index (χ1) is 23.4. The van der Waals surface area contributed by atoms with E-state index in [1.165, 1.54) is 18.0 Å². The minimum atomic E-state index is -0.780. The number of rotatable bonds is 16. The molecule has 1 aliphatic rings. The van der Waals surface area contributed by atoms with Crippen molar-refractivity contribution in [2.45, 2.75) is 81.6 Å². The molecule has 3 atom stereocenters. The molecule has 0 radical (unpaired) electrons. The lowest BCUT2D eigenvalue weighted by molar-refractivity contribution is -0.645. The molecule has 0 aliphatic carbocycles. The van der Waals surface area contributed by atoms with Crippen molar-refractivity contribution in [3.8, 4) is 11.1 Å². The molecular weight excluding hydrogens is 628 g/mol. The summed E-state index contributed by atoms with van der Waals surface area (Å²) < 4.78 is 13.8. The summed E-state index contributed by atoms with van der Waals surface area (Å²) in [5.41, 5.74) is 5.78. The van der Waals surface area contributed by atoms with Gasteiger partial charge in [0, 0.05) is 49.3 Å². The molecule has 3 aromatic carbocycles. The van der Waals surface area contributed by atoms with Gasteiger partial charge in [-0.15, -0.1) is 0 Å². The highest BCUT2D eigenvalue weighted by Crippen LogP contribution is 2.39. The van der Waals surface area contributed by atoms with Gasteiger partial charge < -0.3 is 30.2 Å². The van der Waals surface area contributed by atoms with Gasteiger partial charge in [0.15, 0.2) is 12.5 Å². The number of ether oxygens (including phenoxy) is 2. The number of aliphatic carboxylic acids is 1. The van der Waals surface area contributed by atoms with E-state index in [1.54, 1.807) is 12.1 Å². The molecule has 1 aromatic heterocycles. The number of benzene rings is 3. The van der Waals surface area contributed by atoms with Crippen molar-refractivity contribution in [1.82, 2.24) is 5.32 Å². The molecule has 252 valence electrons. The Morgan fingerprint density at radius 3 is 2.31 bits per heavy atom. The third kappa shape index (κ3) is 10.4. The second-order valence-corrected chi connectivity index (χ2v) is 13.0. The summed E-state index contributed by atoms with van der Waals surface area (Å²) in [7, 11) is 0. The molecule has 4 aromatic rings. The summed E-state index contributed by atoms with van der Waals surface area (Å²) >= 11 is 1.46. The van der Waals surface area contributed by atoms with Crippen molar-refractivity contribution in [2.75, 3.05) is 5.75 Å². The highest BCUT2D eigenvalue weighted by molar-refractivity contribution is 7.99. The number of carbonyl (C=O) groups is 2. The number of thioether (sulfide) groups is 1. The van der Waals surface area contributed by atoms with Crippen LogP contribution in [0.15, 0.2) is 102 Å². The predicted molar refractivity (Wildman–Crippen MR) is 184 cm³/mol. The van der Waals surface area contributed by atoms with Crippen LogP contribution in [0.5, 0.6) is 0 Å². The number of aliphatic hydroxyl groups excluding tert-OH is 1. The summed E-state index contributed by atoms with van der Waals surface area (Å²) in [4.78, 5) is 23.0. The zero-order valence-electron chi connectivity index (χ0n) is 26.8. The van der Waals surface area contributed by atoms with Crippen LogP contribution >= 0.6 is 11.8 Å². The second-order valence-electron chi connectivity index (χ2n) is 11.9. The van der Waals surface area contributed by atoms with Crippen molar-refractivity contribution in [3.63, 3.8) is 0 Å². The molecule has 10 heteroatoms. The molecule has 48 heavy (non-hydrogen) atoms. The van der Waals surface area contributed by atoms with Crippen LogP contribution in [0.1, 0.15) is 79.6 Å². The molecule has 1 fully saturated rings. The van der Waals surface area contributed by atoms with Gasteiger partial charge >= 0.3 is 5.97 Å². The lowest BCUT2D eigenvalue weighted by Crippen LogP contribution is -2.32. The fourth-order valence-electron chi connectivity index (χ4n) is 5.62. The van der Waals surface area contributed by atoms with E-state index in [0.29, 0.717) is 36.6 Å². The van der Waals surface area contributed by atoms with Crippen LogP contribution < -0.4 is 10.0 Å². The number of aromatic nitrogens is 1. The molecule has 9 nitrogen and oxygen atoms in total. The van der Waals surface area contributed by atoms with E-state index in [2.05, 4.69) is 11.4 Å². The summed E-state index contributed by atoms with van der Waals surface area (Å²) in [5, 5.41) is 34.0. The second kappa shape index (κ2) is 17.8. The van der Waals surface area contributed by atoms with Gasteiger partial charge in [-0.25, -0.2) is 0 Å². The lowest BCUT2D eigenvalue weighted by Gasteiger charge is -2.36. The number of hydrogen-bond donors (Lipinski definition) is 3. The summed E-state index contributed by atoms with van der Waals surface area (Å²) in [5.74, 6) is -0.200. The molecule has 0 unspecified atom stereocenters. The molecule has 1 aliphatic heterocycles. The number of amides is 1. The monoisotopic (exact) mass is 670 g/mol. The Labute approximate surface area is 285 Å². The third-order valence-corrected chi connectivity index (χ3v) is 9.45. The topological polar surface area (TPSA) is 132 Å². The van der Waals surface area contributed by atoms with Crippen molar-refractivity contribution in [2.24, 2.45) is 0 Å². The maximum Gasteiger partial charge on any atom is 0.303 e. The van der Waals surface area contributed by atoms with E-state index in [1.807, 2.05) is 72.8 Å². The Hall–Kier alpha value is -4.22. The molecule has 3 N–H and O–H groups in total. The maximum atomic E-state index is 12.3. The molecular formula is C38H42N2O7S. The first kappa shape index (κ1) is 35.1. The Morgan fingerprint density at radius 1 is 0.833 bits per heavy atom. The SMILES string of the molecule is O=C(O)CCCCCCC(=O)NCc1cccc(-c2ccc([C@H]3O[C@@H](CSc4cccc[n+]4[O-])C[C@@H](c4ccc(CO)cc4)O3)cc2)c1. The first-order valence-electron chi connectivity index (χ1n) is 16.4. The van der Waals surface area contributed by atoms with Gasteiger partial charge in [0.2, 0.25) is 5.91 Å². The van der Waals surface area contributed by atoms with Gasteiger partial charge in [-0.2, -0.15) is 4.73 Å². The van der Waals surface area contributed by atoms with Crippen molar-refractivity contribution in [1.29, 1.82) is 0 Å². The predicted octanol–water partition coefficient (Wildman–Crippen LogP) is 6.86. The molecule has 0 spiro atoms. The number of hydrogen-bond acceptors (Lipinski definition) is 7. The maximum absolute atomic E-state index is 12.3. The quantitative estimate of drug-likeness (QED) is 0.0510. The fourth-order valence-corrected chi connectivity index (χ4v) is 6.56. The number of pyridine rings is 1. The zero-order chi connectivity index (χ0) is 33.7. The first-order valence-corrected chi connectivity index (χ1v) is 17.4. The minimum Gasteiger partial charge on any atom is -0.618 e. The van der Waals surface area contributed by atoms with Crippen LogP contribution in [0.25, 0.3) is 11.1 Å². The van der Waals surface area contributed by atoms with Crippen molar-refractivity contribution >= 4 is 23.6 Å².